The van der Waals surface area contributed by atoms with Crippen LogP contribution in [0, 0.1) is 0 Å². The molecule has 1 fully saturated rings. The third-order valence-electron chi connectivity index (χ3n) is 3.38. The van der Waals surface area contributed by atoms with E-state index in [0.29, 0.717) is 30.8 Å². The van der Waals surface area contributed by atoms with Crippen LogP contribution in [0.2, 0.25) is 0 Å². The van der Waals surface area contributed by atoms with Gasteiger partial charge in [-0.3, -0.25) is 9.59 Å². The first-order valence-corrected chi connectivity index (χ1v) is 7.02. The Morgan fingerprint density at radius 1 is 1.23 bits per heavy atom. The van der Waals surface area contributed by atoms with E-state index >= 15 is 0 Å². The number of nitrogens with one attached hydrogen (secondary N) is 2. The van der Waals surface area contributed by atoms with E-state index in [9.17, 15) is 14.4 Å². The van der Waals surface area contributed by atoms with Crippen LogP contribution in [0.5, 0.6) is 5.75 Å². The molecule has 7 nitrogen and oxygen atoms in total. The van der Waals surface area contributed by atoms with Crippen molar-refractivity contribution in [1.82, 2.24) is 10.6 Å². The summed E-state index contributed by atoms with van der Waals surface area (Å²) in [5, 5.41) is 13.8. The number of amides is 2. The molecule has 7 heteroatoms. The molecular weight excluding hydrogens is 288 g/mol. The summed E-state index contributed by atoms with van der Waals surface area (Å²) in [5.41, 5.74) is -0.739. The molecule has 0 atom stereocenters. The molecule has 0 unspecified atom stereocenters. The normalized spacial score (nSPS) is 14.8. The molecule has 2 rings (SSSR count). The Hall–Kier alpha value is -2.57. The van der Waals surface area contributed by atoms with Crippen molar-refractivity contribution in [2.75, 3.05) is 13.2 Å². The Morgan fingerprint density at radius 2 is 1.86 bits per heavy atom. The van der Waals surface area contributed by atoms with Crippen LogP contribution in [0.15, 0.2) is 24.3 Å². The van der Waals surface area contributed by atoms with Crippen LogP contribution in [0.4, 0.5) is 0 Å². The third kappa shape index (κ3) is 3.75. The summed E-state index contributed by atoms with van der Waals surface area (Å²) in [4.78, 5) is 34.5. The number of ether oxygens (including phenoxy) is 1. The third-order valence-corrected chi connectivity index (χ3v) is 3.38. The number of hydrogen-bond donors (Lipinski definition) is 3. The Balaban J connectivity index is 1.82. The van der Waals surface area contributed by atoms with Gasteiger partial charge < -0.3 is 20.5 Å². The van der Waals surface area contributed by atoms with Gasteiger partial charge in [-0.15, -0.1) is 0 Å². The number of carbonyl (C=O) groups is 3. The van der Waals surface area contributed by atoms with Crippen molar-refractivity contribution in [3.8, 4) is 5.75 Å². The molecule has 1 aliphatic carbocycles. The predicted molar refractivity (Wildman–Crippen MR) is 77.7 cm³/mol. The SMILES string of the molecule is CCOc1ccc(C(=O)NCC(=O)NC2(C(=O)O)CC2)cc1. The van der Waals surface area contributed by atoms with Gasteiger partial charge in [-0.1, -0.05) is 0 Å². The quantitative estimate of drug-likeness (QED) is 0.682. The molecule has 1 aromatic rings. The molecule has 1 aromatic carbocycles. The summed E-state index contributed by atoms with van der Waals surface area (Å²) in [7, 11) is 0. The van der Waals surface area contributed by atoms with Crippen molar-refractivity contribution in [1.29, 1.82) is 0 Å². The Kier molecular flexibility index (Phi) is 4.65. The van der Waals surface area contributed by atoms with Gasteiger partial charge >= 0.3 is 5.97 Å². The van der Waals surface area contributed by atoms with Crippen molar-refractivity contribution in [3.63, 3.8) is 0 Å². The minimum atomic E-state index is -1.14. The first-order chi connectivity index (χ1) is 10.5. The number of carboxylic acids is 1. The van der Waals surface area contributed by atoms with Crippen LogP contribution in [-0.4, -0.2) is 41.6 Å². The topological polar surface area (TPSA) is 105 Å². The molecule has 0 heterocycles. The first-order valence-electron chi connectivity index (χ1n) is 7.02. The van der Waals surface area contributed by atoms with E-state index in [-0.39, 0.29) is 6.54 Å². The standard InChI is InChI=1S/C15H18N2O5/c1-2-22-11-5-3-10(4-6-11)13(19)16-9-12(18)17-15(7-8-15)14(20)21/h3-6H,2,7-9H2,1H3,(H,16,19)(H,17,18)(H,20,21). The molecule has 1 aliphatic rings. The van der Waals surface area contributed by atoms with Gasteiger partial charge in [0.05, 0.1) is 13.2 Å². The molecule has 3 N–H and O–H groups in total. The number of aliphatic carboxylic acids is 1. The van der Waals surface area contributed by atoms with Crippen molar-refractivity contribution < 1.29 is 24.2 Å². The molecule has 0 bridgehead atoms. The van der Waals surface area contributed by atoms with E-state index in [1.54, 1.807) is 24.3 Å². The van der Waals surface area contributed by atoms with Gasteiger partial charge in [0.15, 0.2) is 0 Å². The predicted octanol–water partition coefficient (Wildman–Crippen LogP) is 0.548. The Morgan fingerprint density at radius 3 is 2.36 bits per heavy atom. The van der Waals surface area contributed by atoms with Gasteiger partial charge in [-0.05, 0) is 44.0 Å². The zero-order chi connectivity index (χ0) is 16.2. The van der Waals surface area contributed by atoms with Crippen molar-refractivity contribution in [3.05, 3.63) is 29.8 Å². The van der Waals surface area contributed by atoms with Crippen LogP contribution in [0.3, 0.4) is 0 Å². The van der Waals surface area contributed by atoms with Crippen LogP contribution in [0.1, 0.15) is 30.1 Å². The maximum Gasteiger partial charge on any atom is 0.329 e. The van der Waals surface area contributed by atoms with Crippen LogP contribution in [-0.2, 0) is 9.59 Å². The lowest BCUT2D eigenvalue weighted by molar-refractivity contribution is -0.143. The number of carbonyl (C=O) groups excluding carboxylic acids is 2. The van der Waals surface area contributed by atoms with Gasteiger partial charge in [0.2, 0.25) is 5.91 Å². The highest BCUT2D eigenvalue weighted by Crippen LogP contribution is 2.35. The van der Waals surface area contributed by atoms with E-state index in [4.69, 9.17) is 9.84 Å². The number of hydrogen-bond acceptors (Lipinski definition) is 4. The monoisotopic (exact) mass is 306 g/mol. The zero-order valence-electron chi connectivity index (χ0n) is 12.2. The molecule has 22 heavy (non-hydrogen) atoms. The fraction of sp³-hybridized carbons (Fsp3) is 0.400. The van der Waals surface area contributed by atoms with E-state index in [0.717, 1.165) is 0 Å². The molecule has 0 saturated heterocycles. The molecule has 118 valence electrons. The van der Waals surface area contributed by atoms with Crippen molar-refractivity contribution in [2.24, 2.45) is 0 Å². The lowest BCUT2D eigenvalue weighted by atomic mass is 10.2. The lowest BCUT2D eigenvalue weighted by Crippen LogP contribution is -2.47. The number of carboxylic acid groups (broad SMARTS) is 1. The average molecular weight is 306 g/mol. The van der Waals surface area contributed by atoms with E-state index < -0.39 is 23.3 Å². The van der Waals surface area contributed by atoms with Gasteiger partial charge in [0.25, 0.3) is 5.91 Å². The second-order valence-corrected chi connectivity index (χ2v) is 5.08. The summed E-state index contributed by atoms with van der Waals surface area (Å²) >= 11 is 0. The summed E-state index contributed by atoms with van der Waals surface area (Å²) in [6, 6.07) is 6.53. The molecule has 0 aliphatic heterocycles. The van der Waals surface area contributed by atoms with Crippen LogP contribution >= 0.6 is 0 Å². The molecule has 0 spiro atoms. The zero-order valence-corrected chi connectivity index (χ0v) is 12.2. The number of rotatable bonds is 7. The highest BCUT2D eigenvalue weighted by Gasteiger charge is 2.51. The van der Waals surface area contributed by atoms with Crippen LogP contribution in [0.25, 0.3) is 0 Å². The van der Waals surface area contributed by atoms with E-state index in [2.05, 4.69) is 10.6 Å². The summed E-state index contributed by atoms with van der Waals surface area (Å²) in [6.45, 7) is 2.14. The van der Waals surface area contributed by atoms with E-state index in [1.807, 2.05) is 6.92 Å². The first kappa shape index (κ1) is 15.8. The Labute approximate surface area is 127 Å². The van der Waals surface area contributed by atoms with Gasteiger partial charge in [0.1, 0.15) is 11.3 Å². The maximum absolute atomic E-state index is 11.9. The summed E-state index contributed by atoms with van der Waals surface area (Å²) < 4.78 is 5.27. The average Bonchev–Trinajstić information content (AvgIpc) is 3.27. The number of benzene rings is 1. The van der Waals surface area contributed by atoms with Crippen LogP contribution < -0.4 is 15.4 Å². The van der Waals surface area contributed by atoms with Gasteiger partial charge in [-0.2, -0.15) is 0 Å². The van der Waals surface area contributed by atoms with Crippen molar-refractivity contribution >= 4 is 17.8 Å². The minimum absolute atomic E-state index is 0.263. The largest absolute Gasteiger partial charge is 0.494 e. The smallest absolute Gasteiger partial charge is 0.329 e. The minimum Gasteiger partial charge on any atom is -0.494 e. The molecule has 0 aromatic heterocycles. The molecule has 0 radical (unpaired) electrons. The summed E-state index contributed by atoms with van der Waals surface area (Å²) in [5.74, 6) is -1.30. The fourth-order valence-corrected chi connectivity index (χ4v) is 1.96. The van der Waals surface area contributed by atoms with Gasteiger partial charge in [-0.25, -0.2) is 4.79 Å². The molecular formula is C15H18N2O5. The second-order valence-electron chi connectivity index (χ2n) is 5.08. The van der Waals surface area contributed by atoms with E-state index in [1.165, 1.54) is 0 Å². The maximum atomic E-state index is 11.9. The molecule has 2 amide bonds. The second kappa shape index (κ2) is 6.46. The molecule has 1 saturated carbocycles. The fourth-order valence-electron chi connectivity index (χ4n) is 1.96. The lowest BCUT2D eigenvalue weighted by Gasteiger charge is -2.12. The van der Waals surface area contributed by atoms with Gasteiger partial charge in [0, 0.05) is 5.56 Å². The highest BCUT2D eigenvalue weighted by atomic mass is 16.5. The van der Waals surface area contributed by atoms with Crippen molar-refractivity contribution in [2.45, 2.75) is 25.3 Å². The highest BCUT2D eigenvalue weighted by molar-refractivity contribution is 5.97. The summed E-state index contributed by atoms with van der Waals surface area (Å²) in [6.07, 6.45) is 0.835. The Bertz CT molecular complexity index is 578.